The van der Waals surface area contributed by atoms with Gasteiger partial charge in [0.15, 0.2) is 0 Å². The summed E-state index contributed by atoms with van der Waals surface area (Å²) < 4.78 is 9.86. The zero-order valence-electron chi connectivity index (χ0n) is 9.40. The third-order valence-electron chi connectivity index (χ3n) is 1.86. The van der Waals surface area contributed by atoms with Gasteiger partial charge in [0.25, 0.3) is 0 Å². The molecule has 0 spiro atoms. The molecule has 0 aliphatic rings. The van der Waals surface area contributed by atoms with Crippen LogP contribution in [0, 0.1) is 0 Å². The highest BCUT2D eigenvalue weighted by molar-refractivity contribution is 7.07. The predicted molar refractivity (Wildman–Crippen MR) is 63.5 cm³/mol. The molecule has 90 valence electrons. The van der Waals surface area contributed by atoms with Crippen molar-refractivity contribution in [2.24, 2.45) is 0 Å². The summed E-state index contributed by atoms with van der Waals surface area (Å²) in [5, 5.41) is 7.38. The molecule has 4 nitrogen and oxygen atoms in total. The molecule has 0 saturated carbocycles. The van der Waals surface area contributed by atoms with E-state index in [1.165, 1.54) is 5.56 Å². The molecule has 5 heteroatoms. The van der Waals surface area contributed by atoms with Crippen molar-refractivity contribution < 1.29 is 14.3 Å². The number of hydrogen-bond acceptors (Lipinski definition) is 5. The fourth-order valence-corrected chi connectivity index (χ4v) is 1.80. The molecule has 16 heavy (non-hydrogen) atoms. The Morgan fingerprint density at radius 2 is 2.44 bits per heavy atom. The monoisotopic (exact) mass is 243 g/mol. The average molecular weight is 243 g/mol. The Bertz CT molecular complexity index is 287. The SMILES string of the molecule is CCOC(=O)COCCNCc1ccsc1. The van der Waals surface area contributed by atoms with Gasteiger partial charge in [-0.2, -0.15) is 11.3 Å². The van der Waals surface area contributed by atoms with E-state index < -0.39 is 0 Å². The second-order valence-electron chi connectivity index (χ2n) is 3.17. The first-order valence-electron chi connectivity index (χ1n) is 5.28. The van der Waals surface area contributed by atoms with Gasteiger partial charge in [0, 0.05) is 13.1 Å². The number of thiophene rings is 1. The van der Waals surface area contributed by atoms with Gasteiger partial charge in [0.2, 0.25) is 0 Å². The van der Waals surface area contributed by atoms with Crippen LogP contribution in [0.25, 0.3) is 0 Å². The van der Waals surface area contributed by atoms with Crippen LogP contribution in [-0.2, 0) is 20.8 Å². The van der Waals surface area contributed by atoms with E-state index in [4.69, 9.17) is 9.47 Å². The van der Waals surface area contributed by atoms with Crippen molar-refractivity contribution in [3.05, 3.63) is 22.4 Å². The summed E-state index contributed by atoms with van der Waals surface area (Å²) in [6, 6.07) is 2.08. The molecule has 0 aliphatic heterocycles. The van der Waals surface area contributed by atoms with Crippen LogP contribution in [0.15, 0.2) is 16.8 Å². The highest BCUT2D eigenvalue weighted by Gasteiger charge is 2.00. The summed E-state index contributed by atoms with van der Waals surface area (Å²) in [6.45, 7) is 4.30. The van der Waals surface area contributed by atoms with Crippen LogP contribution in [0.2, 0.25) is 0 Å². The van der Waals surface area contributed by atoms with Crippen LogP contribution in [-0.4, -0.2) is 32.3 Å². The maximum Gasteiger partial charge on any atom is 0.332 e. The van der Waals surface area contributed by atoms with Gasteiger partial charge >= 0.3 is 5.97 Å². The summed E-state index contributed by atoms with van der Waals surface area (Å²) in [5.74, 6) is -0.305. The lowest BCUT2D eigenvalue weighted by molar-refractivity contribution is -0.148. The molecular formula is C11H17NO3S. The minimum absolute atomic E-state index is 0.0357. The van der Waals surface area contributed by atoms with Gasteiger partial charge in [0.1, 0.15) is 6.61 Å². The number of rotatable bonds is 8. The third-order valence-corrected chi connectivity index (χ3v) is 2.59. The van der Waals surface area contributed by atoms with E-state index in [1.54, 1.807) is 18.3 Å². The van der Waals surface area contributed by atoms with Gasteiger partial charge < -0.3 is 14.8 Å². The number of esters is 1. The van der Waals surface area contributed by atoms with Crippen LogP contribution in [0.1, 0.15) is 12.5 Å². The maximum absolute atomic E-state index is 10.9. The molecule has 0 atom stereocenters. The highest BCUT2D eigenvalue weighted by atomic mass is 32.1. The molecule has 0 aliphatic carbocycles. The standard InChI is InChI=1S/C11H17NO3S/c1-2-15-11(13)8-14-5-4-12-7-10-3-6-16-9-10/h3,6,9,12H,2,4-5,7-8H2,1H3. The minimum atomic E-state index is -0.305. The molecule has 1 rings (SSSR count). The molecule has 0 aromatic carbocycles. The fraction of sp³-hybridized carbons (Fsp3) is 0.545. The largest absolute Gasteiger partial charge is 0.464 e. The van der Waals surface area contributed by atoms with E-state index in [2.05, 4.69) is 16.8 Å². The summed E-state index contributed by atoms with van der Waals surface area (Å²) in [7, 11) is 0. The summed E-state index contributed by atoms with van der Waals surface area (Å²) in [5.41, 5.74) is 1.27. The Kier molecular flexibility index (Phi) is 6.80. The molecule has 0 amide bonds. The summed E-state index contributed by atoms with van der Waals surface area (Å²) in [4.78, 5) is 10.9. The van der Waals surface area contributed by atoms with Crippen LogP contribution in [0.5, 0.6) is 0 Å². The first-order valence-corrected chi connectivity index (χ1v) is 6.22. The second-order valence-corrected chi connectivity index (χ2v) is 3.95. The first kappa shape index (κ1) is 13.2. The predicted octanol–water partition coefficient (Wildman–Crippen LogP) is 1.42. The Balaban J connectivity index is 1.90. The molecule has 1 N–H and O–H groups in total. The Morgan fingerprint density at radius 1 is 1.56 bits per heavy atom. The van der Waals surface area contributed by atoms with Crippen molar-refractivity contribution in [3.63, 3.8) is 0 Å². The highest BCUT2D eigenvalue weighted by Crippen LogP contribution is 2.04. The van der Waals surface area contributed by atoms with Crippen molar-refractivity contribution in [1.82, 2.24) is 5.32 Å². The maximum atomic E-state index is 10.9. The first-order chi connectivity index (χ1) is 7.83. The lowest BCUT2D eigenvalue weighted by Crippen LogP contribution is -2.21. The zero-order chi connectivity index (χ0) is 11.6. The summed E-state index contributed by atoms with van der Waals surface area (Å²) in [6.07, 6.45) is 0. The van der Waals surface area contributed by atoms with Crippen LogP contribution in [0.4, 0.5) is 0 Å². The van der Waals surface area contributed by atoms with E-state index in [0.717, 1.165) is 13.1 Å². The topological polar surface area (TPSA) is 47.6 Å². The van der Waals surface area contributed by atoms with Crippen LogP contribution >= 0.6 is 11.3 Å². The lowest BCUT2D eigenvalue weighted by atomic mass is 10.3. The van der Waals surface area contributed by atoms with E-state index in [0.29, 0.717) is 13.2 Å². The Labute approximate surface area is 99.6 Å². The van der Waals surface area contributed by atoms with Crippen molar-refractivity contribution in [3.8, 4) is 0 Å². The number of hydrogen-bond donors (Lipinski definition) is 1. The molecule has 1 heterocycles. The Morgan fingerprint density at radius 3 is 3.12 bits per heavy atom. The van der Waals surface area contributed by atoms with Gasteiger partial charge in [-0.15, -0.1) is 0 Å². The molecule has 1 aromatic heterocycles. The molecule has 0 fully saturated rings. The third kappa shape index (κ3) is 5.85. The Hall–Kier alpha value is -0.910. The van der Waals surface area contributed by atoms with Gasteiger partial charge in [-0.25, -0.2) is 4.79 Å². The zero-order valence-corrected chi connectivity index (χ0v) is 10.2. The second kappa shape index (κ2) is 8.27. The normalized spacial score (nSPS) is 10.3. The number of carbonyl (C=O) groups excluding carboxylic acids is 1. The van der Waals surface area contributed by atoms with Gasteiger partial charge in [0.05, 0.1) is 13.2 Å². The van der Waals surface area contributed by atoms with E-state index >= 15 is 0 Å². The van der Waals surface area contributed by atoms with Gasteiger partial charge in [-0.05, 0) is 29.3 Å². The van der Waals surface area contributed by atoms with Gasteiger partial charge in [-0.3, -0.25) is 0 Å². The smallest absolute Gasteiger partial charge is 0.332 e. The van der Waals surface area contributed by atoms with Crippen molar-refractivity contribution >= 4 is 17.3 Å². The quantitative estimate of drug-likeness (QED) is 0.554. The molecule has 0 radical (unpaired) electrons. The molecule has 0 bridgehead atoms. The fourth-order valence-electron chi connectivity index (χ4n) is 1.13. The average Bonchev–Trinajstić information content (AvgIpc) is 2.76. The lowest BCUT2D eigenvalue weighted by Gasteiger charge is -2.05. The van der Waals surface area contributed by atoms with Crippen LogP contribution < -0.4 is 5.32 Å². The van der Waals surface area contributed by atoms with Gasteiger partial charge in [-0.1, -0.05) is 0 Å². The summed E-state index contributed by atoms with van der Waals surface area (Å²) >= 11 is 1.68. The number of carbonyl (C=O) groups is 1. The van der Waals surface area contributed by atoms with Crippen molar-refractivity contribution in [2.45, 2.75) is 13.5 Å². The van der Waals surface area contributed by atoms with E-state index in [-0.39, 0.29) is 12.6 Å². The molecule has 0 saturated heterocycles. The number of nitrogens with one attached hydrogen (secondary N) is 1. The van der Waals surface area contributed by atoms with Crippen molar-refractivity contribution in [2.75, 3.05) is 26.4 Å². The molecule has 1 aromatic rings. The van der Waals surface area contributed by atoms with E-state index in [9.17, 15) is 4.79 Å². The van der Waals surface area contributed by atoms with Crippen LogP contribution in [0.3, 0.4) is 0 Å². The number of ether oxygens (including phenoxy) is 2. The van der Waals surface area contributed by atoms with E-state index in [1.807, 2.05) is 5.38 Å². The molecular weight excluding hydrogens is 226 g/mol. The molecule has 0 unspecified atom stereocenters. The minimum Gasteiger partial charge on any atom is -0.464 e. The van der Waals surface area contributed by atoms with Crippen molar-refractivity contribution in [1.29, 1.82) is 0 Å².